The number of hydrogen-bond donors (Lipinski definition) is 0. The van der Waals surface area contributed by atoms with E-state index in [4.69, 9.17) is 15.5 Å². The number of nitriles is 1. The Labute approximate surface area is 93.2 Å². The van der Waals surface area contributed by atoms with Crippen molar-refractivity contribution in [3.8, 4) is 11.8 Å². The topological polar surface area (TPSA) is 81.8 Å². The Morgan fingerprint density at radius 3 is 3.06 bits per heavy atom. The molecule has 0 aliphatic heterocycles. The standard InChI is InChI=1S/C11H10N4O/c1-16-11-5-4-10(8-12)9(7-11)3-2-6-14-15-13/h2-5,7H,6H2,1H3. The van der Waals surface area contributed by atoms with Crippen LogP contribution < -0.4 is 4.74 Å². The lowest BCUT2D eigenvalue weighted by Crippen LogP contribution is -1.87. The number of benzene rings is 1. The number of methoxy groups -OCH3 is 1. The second-order valence-electron chi connectivity index (χ2n) is 2.88. The molecule has 1 aromatic rings. The highest BCUT2D eigenvalue weighted by atomic mass is 16.5. The van der Waals surface area contributed by atoms with Crippen LogP contribution in [0.2, 0.25) is 0 Å². The quantitative estimate of drug-likeness (QED) is 0.438. The fourth-order valence-corrected chi connectivity index (χ4v) is 1.17. The maximum absolute atomic E-state index is 8.88. The lowest BCUT2D eigenvalue weighted by molar-refractivity contribution is 0.414. The Morgan fingerprint density at radius 2 is 2.44 bits per heavy atom. The van der Waals surface area contributed by atoms with Gasteiger partial charge in [0.25, 0.3) is 0 Å². The van der Waals surface area contributed by atoms with Gasteiger partial charge in [0.05, 0.1) is 18.7 Å². The summed E-state index contributed by atoms with van der Waals surface area (Å²) in [5.74, 6) is 0.683. The third-order valence-electron chi connectivity index (χ3n) is 1.93. The van der Waals surface area contributed by atoms with Crippen LogP contribution in [-0.4, -0.2) is 13.7 Å². The average Bonchev–Trinajstić information content (AvgIpc) is 2.34. The van der Waals surface area contributed by atoms with Crippen LogP contribution >= 0.6 is 0 Å². The number of azide groups is 1. The molecule has 0 amide bonds. The molecule has 0 saturated heterocycles. The summed E-state index contributed by atoms with van der Waals surface area (Å²) in [6.07, 6.45) is 3.42. The van der Waals surface area contributed by atoms with E-state index in [0.717, 1.165) is 5.56 Å². The third-order valence-corrected chi connectivity index (χ3v) is 1.93. The van der Waals surface area contributed by atoms with Crippen LogP contribution in [0.25, 0.3) is 16.5 Å². The van der Waals surface area contributed by atoms with Gasteiger partial charge in [-0.3, -0.25) is 0 Å². The monoisotopic (exact) mass is 214 g/mol. The maximum Gasteiger partial charge on any atom is 0.119 e. The van der Waals surface area contributed by atoms with Gasteiger partial charge in [0.15, 0.2) is 0 Å². The van der Waals surface area contributed by atoms with Crippen LogP contribution in [0.4, 0.5) is 0 Å². The molecule has 0 fully saturated rings. The zero-order chi connectivity index (χ0) is 11.8. The van der Waals surface area contributed by atoms with E-state index in [9.17, 15) is 0 Å². The Hall–Kier alpha value is -2.44. The Bertz CT molecular complexity index is 481. The van der Waals surface area contributed by atoms with Gasteiger partial charge in [-0.1, -0.05) is 17.3 Å². The van der Waals surface area contributed by atoms with Crippen molar-refractivity contribution in [2.45, 2.75) is 0 Å². The van der Waals surface area contributed by atoms with E-state index in [1.807, 2.05) is 0 Å². The fourth-order valence-electron chi connectivity index (χ4n) is 1.17. The predicted molar refractivity (Wildman–Crippen MR) is 60.8 cm³/mol. The van der Waals surface area contributed by atoms with E-state index in [0.29, 0.717) is 11.3 Å². The first kappa shape index (κ1) is 11.6. The minimum absolute atomic E-state index is 0.262. The molecule has 0 saturated carbocycles. The molecule has 0 bridgehead atoms. The fraction of sp³-hybridized carbons (Fsp3) is 0.182. The Morgan fingerprint density at radius 1 is 1.62 bits per heavy atom. The van der Waals surface area contributed by atoms with Gasteiger partial charge in [-0.2, -0.15) is 5.26 Å². The maximum atomic E-state index is 8.88. The van der Waals surface area contributed by atoms with E-state index >= 15 is 0 Å². The number of rotatable bonds is 4. The van der Waals surface area contributed by atoms with Gasteiger partial charge in [-0.25, -0.2) is 0 Å². The molecule has 0 N–H and O–H groups in total. The molecule has 0 aromatic heterocycles. The zero-order valence-electron chi connectivity index (χ0n) is 8.79. The first-order valence-corrected chi connectivity index (χ1v) is 4.57. The van der Waals surface area contributed by atoms with Crippen molar-refractivity contribution in [1.29, 1.82) is 5.26 Å². The summed E-state index contributed by atoms with van der Waals surface area (Å²) in [4.78, 5) is 2.63. The third kappa shape index (κ3) is 3.05. The number of nitrogens with zero attached hydrogens (tertiary/aromatic N) is 4. The zero-order valence-corrected chi connectivity index (χ0v) is 8.79. The summed E-state index contributed by atoms with van der Waals surface area (Å²) in [7, 11) is 1.56. The van der Waals surface area contributed by atoms with E-state index in [2.05, 4.69) is 16.1 Å². The van der Waals surface area contributed by atoms with Crippen molar-refractivity contribution in [1.82, 2.24) is 0 Å². The normalized spacial score (nSPS) is 9.50. The van der Waals surface area contributed by atoms with Crippen LogP contribution in [-0.2, 0) is 0 Å². The highest BCUT2D eigenvalue weighted by molar-refractivity contribution is 5.60. The molecule has 5 nitrogen and oxygen atoms in total. The van der Waals surface area contributed by atoms with Crippen LogP contribution in [0.3, 0.4) is 0 Å². The smallest absolute Gasteiger partial charge is 0.119 e. The van der Waals surface area contributed by atoms with E-state index < -0.39 is 0 Å². The minimum atomic E-state index is 0.262. The predicted octanol–water partition coefficient (Wildman–Crippen LogP) is 2.89. The van der Waals surface area contributed by atoms with Gasteiger partial charge in [0.2, 0.25) is 0 Å². The molecule has 1 rings (SSSR count). The Kier molecular flexibility index (Phi) is 4.45. The van der Waals surface area contributed by atoms with E-state index in [1.165, 1.54) is 0 Å². The van der Waals surface area contributed by atoms with E-state index in [-0.39, 0.29) is 6.54 Å². The van der Waals surface area contributed by atoms with Crippen molar-refractivity contribution in [3.63, 3.8) is 0 Å². The second kappa shape index (κ2) is 6.12. The second-order valence-corrected chi connectivity index (χ2v) is 2.88. The molecule has 0 radical (unpaired) electrons. The van der Waals surface area contributed by atoms with Gasteiger partial charge in [0.1, 0.15) is 5.75 Å². The molecule has 0 aliphatic rings. The Balaban J connectivity index is 2.96. The highest BCUT2D eigenvalue weighted by Gasteiger charge is 2.00. The summed E-state index contributed by atoms with van der Waals surface area (Å²) >= 11 is 0. The largest absolute Gasteiger partial charge is 0.497 e. The molecular formula is C11H10N4O. The molecule has 16 heavy (non-hydrogen) atoms. The van der Waals surface area contributed by atoms with Crippen molar-refractivity contribution in [3.05, 3.63) is 45.8 Å². The first-order chi connectivity index (χ1) is 7.81. The van der Waals surface area contributed by atoms with Crippen LogP contribution in [0.15, 0.2) is 29.4 Å². The molecule has 5 heteroatoms. The summed E-state index contributed by atoms with van der Waals surface area (Å²) in [5.41, 5.74) is 9.40. The summed E-state index contributed by atoms with van der Waals surface area (Å²) in [6, 6.07) is 7.24. The molecule has 0 heterocycles. The molecule has 0 aliphatic carbocycles. The van der Waals surface area contributed by atoms with Gasteiger partial charge in [-0.15, -0.1) is 0 Å². The lowest BCUT2D eigenvalue weighted by atomic mass is 10.1. The van der Waals surface area contributed by atoms with Crippen molar-refractivity contribution in [2.75, 3.05) is 13.7 Å². The molecule has 0 atom stereocenters. The molecule has 1 aromatic carbocycles. The summed E-state index contributed by atoms with van der Waals surface area (Å²) in [6.45, 7) is 0.262. The van der Waals surface area contributed by atoms with Gasteiger partial charge >= 0.3 is 0 Å². The van der Waals surface area contributed by atoms with Crippen LogP contribution in [0.1, 0.15) is 11.1 Å². The minimum Gasteiger partial charge on any atom is -0.497 e. The van der Waals surface area contributed by atoms with Crippen molar-refractivity contribution in [2.24, 2.45) is 5.11 Å². The van der Waals surface area contributed by atoms with Gasteiger partial charge in [0, 0.05) is 11.5 Å². The molecular weight excluding hydrogens is 204 g/mol. The highest BCUT2D eigenvalue weighted by Crippen LogP contribution is 2.18. The van der Waals surface area contributed by atoms with E-state index in [1.54, 1.807) is 37.5 Å². The molecule has 80 valence electrons. The summed E-state index contributed by atoms with van der Waals surface area (Å²) < 4.78 is 5.06. The average molecular weight is 214 g/mol. The molecule has 0 spiro atoms. The van der Waals surface area contributed by atoms with Crippen molar-refractivity contribution >= 4 is 6.08 Å². The SMILES string of the molecule is COc1ccc(C#N)c(C=CCN=[N+]=[N-])c1. The number of hydrogen-bond acceptors (Lipinski definition) is 3. The molecule has 0 unspecified atom stereocenters. The first-order valence-electron chi connectivity index (χ1n) is 4.57. The lowest BCUT2D eigenvalue weighted by Gasteiger charge is -2.02. The van der Waals surface area contributed by atoms with Crippen molar-refractivity contribution < 1.29 is 4.74 Å². The number of ether oxygens (including phenoxy) is 1. The van der Waals surface area contributed by atoms with Crippen LogP contribution in [0, 0.1) is 11.3 Å². The van der Waals surface area contributed by atoms with Gasteiger partial charge in [-0.05, 0) is 29.3 Å². The van der Waals surface area contributed by atoms with Gasteiger partial charge < -0.3 is 4.74 Å². The summed E-state index contributed by atoms with van der Waals surface area (Å²) in [5, 5.41) is 12.2. The van der Waals surface area contributed by atoms with Crippen LogP contribution in [0.5, 0.6) is 5.75 Å².